The number of hydrogen-bond acceptors (Lipinski definition) is 4. The minimum absolute atomic E-state index is 0.00189. The molecule has 3 aromatic carbocycles. The van der Waals surface area contributed by atoms with E-state index >= 15 is 0 Å². The number of amides is 2. The van der Waals surface area contributed by atoms with Gasteiger partial charge in [-0.15, -0.1) is 0 Å². The highest BCUT2D eigenvalue weighted by Gasteiger charge is 2.32. The topological polar surface area (TPSA) is 86.8 Å². The van der Waals surface area contributed by atoms with Gasteiger partial charge in [-0.1, -0.05) is 65.1 Å². The summed E-state index contributed by atoms with van der Waals surface area (Å²) in [5, 5.41) is 3.71. The Bertz CT molecular complexity index is 1420. The van der Waals surface area contributed by atoms with Crippen LogP contribution in [0.1, 0.15) is 25.0 Å². The van der Waals surface area contributed by atoms with Gasteiger partial charge in [0.05, 0.1) is 20.6 Å². The van der Waals surface area contributed by atoms with E-state index in [9.17, 15) is 18.0 Å². The van der Waals surface area contributed by atoms with Crippen molar-refractivity contribution in [2.45, 2.75) is 38.3 Å². The molecule has 0 aliphatic rings. The monoisotopic (exact) mass is 595 g/mol. The Morgan fingerprint density at radius 1 is 0.921 bits per heavy atom. The number of nitrogens with zero attached hydrogens (tertiary/aromatic N) is 2. The van der Waals surface area contributed by atoms with Gasteiger partial charge in [0.15, 0.2) is 0 Å². The molecule has 0 spiro atoms. The molecular weight excluding hydrogens is 569 g/mol. The molecule has 0 aromatic heterocycles. The zero-order valence-electron chi connectivity index (χ0n) is 21.1. The molecule has 1 atom stereocenters. The van der Waals surface area contributed by atoms with Gasteiger partial charge in [-0.2, -0.15) is 0 Å². The predicted octanol–water partition coefficient (Wildman–Crippen LogP) is 5.70. The van der Waals surface area contributed by atoms with E-state index in [-0.39, 0.29) is 23.0 Å². The molecule has 3 rings (SSSR count). The summed E-state index contributed by atoms with van der Waals surface area (Å²) in [6.45, 7) is 4.95. The number of anilines is 1. The van der Waals surface area contributed by atoms with E-state index in [4.69, 9.17) is 34.8 Å². The third-order valence-corrected chi connectivity index (χ3v) is 8.84. The molecule has 0 heterocycles. The second kappa shape index (κ2) is 12.8. The van der Waals surface area contributed by atoms with Crippen molar-refractivity contribution in [2.75, 3.05) is 17.4 Å². The molecule has 0 radical (unpaired) electrons. The Labute approximate surface area is 238 Å². The van der Waals surface area contributed by atoms with Gasteiger partial charge >= 0.3 is 0 Å². The largest absolute Gasteiger partial charge is 0.355 e. The van der Waals surface area contributed by atoms with Gasteiger partial charge in [-0.25, -0.2) is 8.42 Å². The molecule has 1 unspecified atom stereocenters. The van der Waals surface area contributed by atoms with E-state index in [0.29, 0.717) is 27.2 Å². The predicted molar refractivity (Wildman–Crippen MR) is 152 cm³/mol. The summed E-state index contributed by atoms with van der Waals surface area (Å²) in [5.74, 6) is -0.970. The number of halogens is 3. The first-order chi connectivity index (χ1) is 17.9. The number of sulfonamides is 1. The fourth-order valence-corrected chi connectivity index (χ4v) is 5.65. The van der Waals surface area contributed by atoms with Crippen molar-refractivity contribution in [1.29, 1.82) is 0 Å². The third kappa shape index (κ3) is 6.99. The summed E-state index contributed by atoms with van der Waals surface area (Å²) < 4.78 is 28.5. The number of benzene rings is 3. The van der Waals surface area contributed by atoms with E-state index < -0.39 is 28.5 Å². The molecule has 0 aliphatic heterocycles. The molecule has 202 valence electrons. The average Bonchev–Trinajstić information content (AvgIpc) is 2.89. The minimum Gasteiger partial charge on any atom is -0.355 e. The second-order valence-corrected chi connectivity index (χ2v) is 11.7. The Balaban J connectivity index is 2.05. The molecule has 0 saturated heterocycles. The smallest absolute Gasteiger partial charge is 0.264 e. The van der Waals surface area contributed by atoms with Crippen LogP contribution in [0.3, 0.4) is 0 Å². The van der Waals surface area contributed by atoms with Gasteiger partial charge in [-0.3, -0.25) is 13.9 Å². The highest BCUT2D eigenvalue weighted by molar-refractivity contribution is 7.92. The number of nitrogens with one attached hydrogen (secondary N) is 1. The number of aryl methyl sites for hydroxylation is 1. The summed E-state index contributed by atoms with van der Waals surface area (Å²) in [6, 6.07) is 16.6. The Morgan fingerprint density at radius 2 is 1.61 bits per heavy atom. The average molecular weight is 597 g/mol. The first-order valence-electron chi connectivity index (χ1n) is 11.8. The van der Waals surface area contributed by atoms with Gasteiger partial charge in [0.1, 0.15) is 12.6 Å². The van der Waals surface area contributed by atoms with Gasteiger partial charge in [-0.05, 0) is 68.3 Å². The van der Waals surface area contributed by atoms with Gasteiger partial charge in [0.25, 0.3) is 10.0 Å². The lowest BCUT2D eigenvalue weighted by Crippen LogP contribution is -2.51. The molecule has 0 saturated carbocycles. The van der Waals surface area contributed by atoms with Crippen molar-refractivity contribution in [1.82, 2.24) is 10.2 Å². The highest BCUT2D eigenvalue weighted by Crippen LogP contribution is 2.29. The summed E-state index contributed by atoms with van der Waals surface area (Å²) >= 11 is 18.5. The quantitative estimate of drug-likeness (QED) is 0.325. The van der Waals surface area contributed by atoms with Crippen LogP contribution in [0.4, 0.5) is 5.69 Å². The Morgan fingerprint density at radius 3 is 2.21 bits per heavy atom. The number of hydrogen-bond donors (Lipinski definition) is 1. The highest BCUT2D eigenvalue weighted by atomic mass is 35.5. The molecule has 1 N–H and O–H groups in total. The maximum Gasteiger partial charge on any atom is 0.264 e. The van der Waals surface area contributed by atoms with Crippen LogP contribution in [0.15, 0.2) is 71.6 Å². The first-order valence-corrected chi connectivity index (χ1v) is 14.4. The summed E-state index contributed by atoms with van der Waals surface area (Å²) in [4.78, 5) is 27.9. The second-order valence-electron chi connectivity index (χ2n) is 8.60. The number of carbonyl (C=O) groups is 2. The minimum atomic E-state index is -4.17. The van der Waals surface area contributed by atoms with Crippen LogP contribution >= 0.6 is 34.8 Å². The summed E-state index contributed by atoms with van der Waals surface area (Å²) in [5.41, 5.74) is 1.60. The van der Waals surface area contributed by atoms with E-state index in [1.54, 1.807) is 69.3 Å². The van der Waals surface area contributed by atoms with Crippen molar-refractivity contribution >= 4 is 62.3 Å². The lowest BCUT2D eigenvalue weighted by atomic mass is 10.1. The molecule has 0 aliphatic carbocycles. The van der Waals surface area contributed by atoms with Crippen LogP contribution in [-0.4, -0.2) is 44.3 Å². The maximum atomic E-state index is 13.8. The molecule has 11 heteroatoms. The maximum absolute atomic E-state index is 13.8. The number of rotatable bonds is 10. The van der Waals surface area contributed by atoms with Crippen molar-refractivity contribution in [3.05, 3.63) is 92.9 Å². The van der Waals surface area contributed by atoms with Gasteiger partial charge in [0.2, 0.25) is 11.8 Å². The van der Waals surface area contributed by atoms with E-state index in [2.05, 4.69) is 5.32 Å². The van der Waals surface area contributed by atoms with E-state index in [1.165, 1.54) is 23.1 Å². The van der Waals surface area contributed by atoms with Crippen LogP contribution in [0, 0.1) is 6.92 Å². The zero-order chi connectivity index (χ0) is 28.0. The SMILES string of the molecule is CCNC(=O)C(C)N(Cc1ccc(Cl)c(Cl)c1)C(=O)CN(c1ccc(C)c(Cl)c1)S(=O)(=O)c1ccccc1. The fraction of sp³-hybridized carbons (Fsp3) is 0.259. The normalized spacial score (nSPS) is 12.1. The molecule has 0 fully saturated rings. The third-order valence-electron chi connectivity index (χ3n) is 5.91. The number of carbonyl (C=O) groups excluding carboxylic acids is 2. The van der Waals surface area contributed by atoms with E-state index in [0.717, 1.165) is 9.87 Å². The van der Waals surface area contributed by atoms with Crippen LogP contribution < -0.4 is 9.62 Å². The van der Waals surface area contributed by atoms with Crippen molar-refractivity contribution in [2.24, 2.45) is 0 Å². The van der Waals surface area contributed by atoms with Crippen LogP contribution in [0.5, 0.6) is 0 Å². The summed E-state index contributed by atoms with van der Waals surface area (Å²) in [6.07, 6.45) is 0. The summed E-state index contributed by atoms with van der Waals surface area (Å²) in [7, 11) is -4.17. The number of likely N-dealkylation sites (N-methyl/N-ethyl adjacent to an activating group) is 1. The van der Waals surface area contributed by atoms with Crippen LogP contribution in [0.25, 0.3) is 0 Å². The van der Waals surface area contributed by atoms with Crippen molar-refractivity contribution < 1.29 is 18.0 Å². The molecule has 3 aromatic rings. The van der Waals surface area contributed by atoms with Crippen molar-refractivity contribution in [3.8, 4) is 0 Å². The zero-order valence-corrected chi connectivity index (χ0v) is 24.2. The van der Waals surface area contributed by atoms with Crippen LogP contribution in [-0.2, 0) is 26.2 Å². The lowest BCUT2D eigenvalue weighted by Gasteiger charge is -2.32. The fourth-order valence-electron chi connectivity index (χ4n) is 3.72. The Hall–Kier alpha value is -2.78. The van der Waals surface area contributed by atoms with Crippen molar-refractivity contribution in [3.63, 3.8) is 0 Å². The Kier molecular flexibility index (Phi) is 10.1. The van der Waals surface area contributed by atoms with Gasteiger partial charge in [0, 0.05) is 18.1 Å². The molecule has 38 heavy (non-hydrogen) atoms. The first kappa shape index (κ1) is 29.8. The molecule has 2 amide bonds. The van der Waals surface area contributed by atoms with Gasteiger partial charge < -0.3 is 10.2 Å². The molecular formula is C27H28Cl3N3O4S. The lowest BCUT2D eigenvalue weighted by molar-refractivity contribution is -0.139. The molecule has 7 nitrogen and oxygen atoms in total. The molecule has 0 bridgehead atoms. The standard InChI is InChI=1S/C27H28Cl3N3O4S/c1-4-31-27(35)19(3)32(16-20-11-13-23(28)25(30)14-20)26(34)17-33(21-12-10-18(2)24(29)15-21)38(36,37)22-8-6-5-7-9-22/h5-15,19H,4,16-17H2,1-3H3,(H,31,35). The van der Waals surface area contributed by atoms with Crippen LogP contribution in [0.2, 0.25) is 15.1 Å². The van der Waals surface area contributed by atoms with E-state index in [1.807, 2.05) is 0 Å².